The lowest BCUT2D eigenvalue weighted by Gasteiger charge is -2.09. The first-order valence-corrected chi connectivity index (χ1v) is 10.9. The van der Waals surface area contributed by atoms with E-state index >= 15 is 0 Å². The van der Waals surface area contributed by atoms with Crippen LogP contribution in [0.3, 0.4) is 0 Å². The lowest BCUT2D eigenvalue weighted by molar-refractivity contribution is 0.475. The number of benzene rings is 3. The minimum absolute atomic E-state index is 0.336. The Morgan fingerprint density at radius 3 is 2.40 bits per heavy atom. The minimum Gasteiger partial charge on any atom is -0.508 e. The van der Waals surface area contributed by atoms with E-state index in [1.165, 1.54) is 38.9 Å². The zero-order chi connectivity index (χ0) is 20.8. The van der Waals surface area contributed by atoms with Crippen molar-refractivity contribution in [1.82, 2.24) is 10.3 Å². The Hall–Kier alpha value is -3.04. The van der Waals surface area contributed by atoms with Gasteiger partial charge < -0.3 is 15.4 Å². The van der Waals surface area contributed by atoms with E-state index in [4.69, 9.17) is 0 Å². The molecule has 3 heteroatoms. The molecule has 4 aromatic rings. The molecule has 3 nitrogen and oxygen atoms in total. The third-order valence-corrected chi connectivity index (χ3v) is 5.79. The molecule has 0 unspecified atom stereocenters. The first kappa shape index (κ1) is 20.2. The molecule has 0 spiro atoms. The second-order valence-corrected chi connectivity index (χ2v) is 7.96. The highest BCUT2D eigenvalue weighted by Crippen LogP contribution is 2.32. The van der Waals surface area contributed by atoms with E-state index in [2.05, 4.69) is 65.8 Å². The maximum atomic E-state index is 9.36. The zero-order valence-electron chi connectivity index (χ0n) is 17.6. The Morgan fingerprint density at radius 2 is 1.57 bits per heavy atom. The first-order valence-electron chi connectivity index (χ1n) is 10.9. The van der Waals surface area contributed by atoms with Crippen LogP contribution in [0.2, 0.25) is 0 Å². The van der Waals surface area contributed by atoms with Crippen molar-refractivity contribution in [3.63, 3.8) is 0 Å². The van der Waals surface area contributed by atoms with Crippen molar-refractivity contribution >= 4 is 10.9 Å². The summed E-state index contributed by atoms with van der Waals surface area (Å²) in [6.07, 6.45) is 4.37. The molecular weight excluding hydrogens is 368 g/mol. The Bertz CT molecular complexity index is 1100. The largest absolute Gasteiger partial charge is 0.508 e. The van der Waals surface area contributed by atoms with Gasteiger partial charge in [-0.3, -0.25) is 0 Å². The molecule has 0 aliphatic carbocycles. The summed E-state index contributed by atoms with van der Waals surface area (Å²) in [6.45, 7) is 4.18. The number of hydrogen-bond acceptors (Lipinski definition) is 2. The number of phenolic OH excluding ortho intramolecular Hbond substituents is 1. The molecule has 0 aliphatic rings. The Morgan fingerprint density at radius 1 is 0.800 bits per heavy atom. The number of aromatic amines is 1. The quantitative estimate of drug-likeness (QED) is 0.303. The Balaban J connectivity index is 1.34. The van der Waals surface area contributed by atoms with E-state index in [0.717, 1.165) is 38.8 Å². The van der Waals surface area contributed by atoms with Crippen molar-refractivity contribution in [2.75, 3.05) is 13.1 Å². The molecule has 0 saturated heterocycles. The van der Waals surface area contributed by atoms with Gasteiger partial charge in [0.25, 0.3) is 0 Å². The highest BCUT2D eigenvalue weighted by atomic mass is 16.3. The van der Waals surface area contributed by atoms with Crippen molar-refractivity contribution in [2.24, 2.45) is 0 Å². The van der Waals surface area contributed by atoms with Crippen molar-refractivity contribution < 1.29 is 5.11 Å². The van der Waals surface area contributed by atoms with E-state index in [-0.39, 0.29) is 0 Å². The highest BCUT2D eigenvalue weighted by molar-refractivity contribution is 5.91. The normalized spacial score (nSPS) is 11.2. The van der Waals surface area contributed by atoms with Gasteiger partial charge in [0.05, 0.1) is 5.69 Å². The average molecular weight is 399 g/mol. The highest BCUT2D eigenvalue weighted by Gasteiger charge is 2.13. The monoisotopic (exact) mass is 398 g/mol. The predicted octanol–water partition coefficient (Wildman–Crippen LogP) is 6.00. The van der Waals surface area contributed by atoms with Crippen LogP contribution in [0.4, 0.5) is 0 Å². The minimum atomic E-state index is 0.336. The fourth-order valence-electron chi connectivity index (χ4n) is 4.12. The molecule has 4 rings (SSSR count). The number of hydrogen-bond donors (Lipinski definition) is 3. The molecule has 3 aromatic carbocycles. The SMILES string of the molecule is Cc1ccccc1-c1[nH]c2ccccc2c1CCNCCCCc1ccc(O)cc1. The van der Waals surface area contributed by atoms with Crippen LogP contribution in [0.1, 0.15) is 29.5 Å². The lowest BCUT2D eigenvalue weighted by atomic mass is 9.99. The number of H-pyrrole nitrogens is 1. The van der Waals surface area contributed by atoms with Crippen LogP contribution in [0, 0.1) is 6.92 Å². The van der Waals surface area contributed by atoms with Crippen molar-refractivity contribution in [2.45, 2.75) is 32.6 Å². The van der Waals surface area contributed by atoms with E-state index in [0.29, 0.717) is 5.75 Å². The van der Waals surface area contributed by atoms with Gasteiger partial charge >= 0.3 is 0 Å². The van der Waals surface area contributed by atoms with Gasteiger partial charge in [-0.1, -0.05) is 54.6 Å². The number of rotatable bonds is 9. The topological polar surface area (TPSA) is 48.0 Å². The van der Waals surface area contributed by atoms with Gasteiger partial charge in [0, 0.05) is 16.5 Å². The van der Waals surface area contributed by atoms with E-state index in [1.54, 1.807) is 12.1 Å². The number of nitrogens with one attached hydrogen (secondary N) is 2. The average Bonchev–Trinajstić information content (AvgIpc) is 3.13. The predicted molar refractivity (Wildman–Crippen MR) is 126 cm³/mol. The molecule has 0 atom stereocenters. The number of para-hydroxylation sites is 1. The molecule has 0 fully saturated rings. The fraction of sp³-hybridized carbons (Fsp3) is 0.259. The molecule has 0 bridgehead atoms. The number of aromatic nitrogens is 1. The van der Waals surface area contributed by atoms with Gasteiger partial charge in [-0.15, -0.1) is 0 Å². The number of phenols is 1. The van der Waals surface area contributed by atoms with Crippen LogP contribution in [-0.4, -0.2) is 23.2 Å². The molecule has 0 radical (unpaired) electrons. The summed E-state index contributed by atoms with van der Waals surface area (Å²) in [4.78, 5) is 3.66. The third-order valence-electron chi connectivity index (χ3n) is 5.79. The molecule has 1 aromatic heterocycles. The summed E-state index contributed by atoms with van der Waals surface area (Å²) in [5, 5.41) is 14.3. The van der Waals surface area contributed by atoms with Crippen LogP contribution in [0.25, 0.3) is 22.2 Å². The summed E-state index contributed by atoms with van der Waals surface area (Å²) in [5.41, 5.74) is 7.74. The molecule has 0 saturated carbocycles. The fourth-order valence-corrected chi connectivity index (χ4v) is 4.12. The maximum absolute atomic E-state index is 9.36. The molecule has 0 aliphatic heterocycles. The van der Waals surface area contributed by atoms with Crippen LogP contribution in [-0.2, 0) is 12.8 Å². The summed E-state index contributed by atoms with van der Waals surface area (Å²) < 4.78 is 0. The number of fused-ring (bicyclic) bond motifs is 1. The summed E-state index contributed by atoms with van der Waals surface area (Å²) in [6, 6.07) is 24.7. The van der Waals surface area contributed by atoms with Gasteiger partial charge in [0.15, 0.2) is 0 Å². The first-order chi connectivity index (χ1) is 14.7. The van der Waals surface area contributed by atoms with Crippen molar-refractivity contribution in [1.29, 1.82) is 0 Å². The van der Waals surface area contributed by atoms with Gasteiger partial charge in [0.1, 0.15) is 5.75 Å². The molecule has 1 heterocycles. The summed E-state index contributed by atoms with van der Waals surface area (Å²) in [7, 11) is 0. The van der Waals surface area contributed by atoms with Crippen LogP contribution in [0.5, 0.6) is 5.75 Å². The standard InChI is InChI=1S/C27H30N2O/c1-20-8-2-3-10-23(20)27-25(24-11-4-5-12-26(24)29-27)17-19-28-18-7-6-9-21-13-15-22(30)16-14-21/h2-5,8,10-16,28-30H,6-7,9,17-19H2,1H3. The van der Waals surface area contributed by atoms with E-state index in [1.807, 2.05) is 12.1 Å². The lowest BCUT2D eigenvalue weighted by Crippen LogP contribution is -2.18. The van der Waals surface area contributed by atoms with Gasteiger partial charge in [0.2, 0.25) is 0 Å². The van der Waals surface area contributed by atoms with Gasteiger partial charge in [-0.2, -0.15) is 0 Å². The molecule has 154 valence electrons. The van der Waals surface area contributed by atoms with Crippen LogP contribution >= 0.6 is 0 Å². The second kappa shape index (κ2) is 9.64. The molecule has 30 heavy (non-hydrogen) atoms. The maximum Gasteiger partial charge on any atom is 0.115 e. The second-order valence-electron chi connectivity index (χ2n) is 7.96. The van der Waals surface area contributed by atoms with Crippen molar-refractivity contribution in [3.8, 4) is 17.0 Å². The number of aromatic hydroxyl groups is 1. The smallest absolute Gasteiger partial charge is 0.115 e. The molecular formula is C27H30N2O. The van der Waals surface area contributed by atoms with Crippen LogP contribution < -0.4 is 5.32 Å². The van der Waals surface area contributed by atoms with E-state index in [9.17, 15) is 5.11 Å². The summed E-state index contributed by atoms with van der Waals surface area (Å²) in [5.74, 6) is 0.336. The van der Waals surface area contributed by atoms with Crippen LogP contribution in [0.15, 0.2) is 72.8 Å². The van der Waals surface area contributed by atoms with Gasteiger partial charge in [-0.05, 0) is 80.6 Å². The molecule has 3 N–H and O–H groups in total. The Labute approximate surface area is 178 Å². The molecule has 0 amide bonds. The van der Waals surface area contributed by atoms with E-state index < -0.39 is 0 Å². The third kappa shape index (κ3) is 4.74. The summed E-state index contributed by atoms with van der Waals surface area (Å²) >= 11 is 0. The Kier molecular flexibility index (Phi) is 6.50. The number of unbranched alkanes of at least 4 members (excludes halogenated alkanes) is 1. The number of aryl methyl sites for hydroxylation is 2. The van der Waals surface area contributed by atoms with Crippen molar-refractivity contribution in [3.05, 3.63) is 89.5 Å². The van der Waals surface area contributed by atoms with Gasteiger partial charge in [-0.25, -0.2) is 0 Å². The zero-order valence-corrected chi connectivity index (χ0v) is 17.6.